The summed E-state index contributed by atoms with van der Waals surface area (Å²) in [5.74, 6) is 0. The molecule has 0 saturated carbocycles. The molecule has 0 radical (unpaired) electrons. The zero-order valence-corrected chi connectivity index (χ0v) is 9.72. The molecule has 1 N–H and O–H groups in total. The summed E-state index contributed by atoms with van der Waals surface area (Å²) in [4.78, 5) is 0. The lowest BCUT2D eigenvalue weighted by atomic mass is 10.3. The summed E-state index contributed by atoms with van der Waals surface area (Å²) in [6.45, 7) is 3.91. The van der Waals surface area contributed by atoms with Gasteiger partial charge in [-0.2, -0.15) is 10.2 Å². The van der Waals surface area contributed by atoms with E-state index in [0.717, 1.165) is 25.2 Å². The quantitative estimate of drug-likeness (QED) is 0.831. The largest absolute Gasteiger partial charge is 0.378 e. The molecular weight excluding hydrogens is 202 g/mol. The van der Waals surface area contributed by atoms with E-state index >= 15 is 0 Å². The highest BCUT2D eigenvalue weighted by molar-refractivity contribution is 5.38. The molecule has 0 saturated heterocycles. The minimum atomic E-state index is 0.787. The highest BCUT2D eigenvalue weighted by Crippen LogP contribution is 2.06. The molecule has 0 aliphatic rings. The lowest BCUT2D eigenvalue weighted by molar-refractivity contribution is 0.602. The number of aromatic nitrogens is 4. The van der Waals surface area contributed by atoms with Crippen LogP contribution in [0.25, 0.3) is 0 Å². The van der Waals surface area contributed by atoms with Gasteiger partial charge in [-0.1, -0.05) is 6.92 Å². The molecule has 2 heterocycles. The standard InChI is InChI=1S/C11H17N5/c1-3-4-16-8-10(6-14-16)5-12-11-7-13-15(2)9-11/h6-9,12H,3-5H2,1-2H3. The monoisotopic (exact) mass is 219 g/mol. The summed E-state index contributed by atoms with van der Waals surface area (Å²) < 4.78 is 3.75. The molecule has 0 aliphatic heterocycles. The van der Waals surface area contributed by atoms with Crippen molar-refractivity contribution in [1.82, 2.24) is 19.6 Å². The fourth-order valence-electron chi connectivity index (χ4n) is 1.57. The van der Waals surface area contributed by atoms with Crippen LogP contribution in [0.4, 0.5) is 5.69 Å². The van der Waals surface area contributed by atoms with Crippen LogP contribution in [-0.2, 0) is 20.1 Å². The van der Waals surface area contributed by atoms with Crippen molar-refractivity contribution in [2.75, 3.05) is 5.32 Å². The number of nitrogens with one attached hydrogen (secondary N) is 1. The van der Waals surface area contributed by atoms with Crippen LogP contribution in [0, 0.1) is 0 Å². The molecule has 0 unspecified atom stereocenters. The maximum absolute atomic E-state index is 4.28. The van der Waals surface area contributed by atoms with Gasteiger partial charge in [-0.05, 0) is 6.42 Å². The molecule has 0 spiro atoms. The van der Waals surface area contributed by atoms with E-state index < -0.39 is 0 Å². The zero-order chi connectivity index (χ0) is 11.4. The third-order valence-corrected chi connectivity index (χ3v) is 2.34. The Hall–Kier alpha value is -1.78. The summed E-state index contributed by atoms with van der Waals surface area (Å²) in [5, 5.41) is 11.7. The van der Waals surface area contributed by atoms with Crippen molar-refractivity contribution in [3.8, 4) is 0 Å². The first-order valence-electron chi connectivity index (χ1n) is 5.52. The lowest BCUT2D eigenvalue weighted by Gasteiger charge is -1.99. The molecule has 2 aromatic rings. The average molecular weight is 219 g/mol. The number of anilines is 1. The summed E-state index contributed by atoms with van der Waals surface area (Å²) >= 11 is 0. The highest BCUT2D eigenvalue weighted by Gasteiger charge is 1.99. The molecule has 0 aromatic carbocycles. The third kappa shape index (κ3) is 2.62. The van der Waals surface area contributed by atoms with Crippen LogP contribution >= 0.6 is 0 Å². The molecule has 2 aromatic heterocycles. The van der Waals surface area contributed by atoms with Gasteiger partial charge in [0.05, 0.1) is 18.1 Å². The van der Waals surface area contributed by atoms with E-state index in [0.29, 0.717) is 0 Å². The van der Waals surface area contributed by atoms with Crippen molar-refractivity contribution in [1.29, 1.82) is 0 Å². The van der Waals surface area contributed by atoms with E-state index in [1.807, 2.05) is 30.3 Å². The Balaban J connectivity index is 1.89. The van der Waals surface area contributed by atoms with Crippen molar-refractivity contribution >= 4 is 5.69 Å². The second-order valence-corrected chi connectivity index (χ2v) is 3.87. The number of rotatable bonds is 5. The molecule has 0 fully saturated rings. The Labute approximate surface area is 95.1 Å². The minimum Gasteiger partial charge on any atom is -0.378 e. The Morgan fingerprint density at radius 2 is 2.12 bits per heavy atom. The molecule has 16 heavy (non-hydrogen) atoms. The molecule has 86 valence electrons. The average Bonchev–Trinajstić information content (AvgIpc) is 2.85. The molecule has 0 atom stereocenters. The number of nitrogens with zero attached hydrogens (tertiary/aromatic N) is 4. The maximum atomic E-state index is 4.28. The number of hydrogen-bond acceptors (Lipinski definition) is 3. The van der Waals surface area contributed by atoms with Gasteiger partial charge in [-0.15, -0.1) is 0 Å². The Kier molecular flexibility index (Phi) is 3.24. The summed E-state index contributed by atoms with van der Waals surface area (Å²) in [7, 11) is 1.91. The third-order valence-electron chi connectivity index (χ3n) is 2.34. The van der Waals surface area contributed by atoms with Crippen LogP contribution in [0.2, 0.25) is 0 Å². The normalized spacial score (nSPS) is 10.6. The first-order valence-corrected chi connectivity index (χ1v) is 5.52. The summed E-state index contributed by atoms with van der Waals surface area (Å²) in [6.07, 6.45) is 8.86. The first-order chi connectivity index (χ1) is 7.78. The fourth-order valence-corrected chi connectivity index (χ4v) is 1.57. The van der Waals surface area contributed by atoms with Crippen LogP contribution in [-0.4, -0.2) is 19.6 Å². The second-order valence-electron chi connectivity index (χ2n) is 3.87. The van der Waals surface area contributed by atoms with E-state index in [4.69, 9.17) is 0 Å². The maximum Gasteiger partial charge on any atom is 0.0729 e. The Morgan fingerprint density at radius 3 is 2.81 bits per heavy atom. The topological polar surface area (TPSA) is 47.7 Å². The predicted octanol–water partition coefficient (Wildman–Crippen LogP) is 1.64. The zero-order valence-electron chi connectivity index (χ0n) is 9.72. The van der Waals surface area contributed by atoms with Gasteiger partial charge in [0.1, 0.15) is 0 Å². The van der Waals surface area contributed by atoms with E-state index in [1.165, 1.54) is 5.56 Å². The molecular formula is C11H17N5. The van der Waals surface area contributed by atoms with E-state index in [9.17, 15) is 0 Å². The Morgan fingerprint density at radius 1 is 1.25 bits per heavy atom. The molecule has 5 nitrogen and oxygen atoms in total. The molecule has 5 heteroatoms. The van der Waals surface area contributed by atoms with Crippen LogP contribution in [0.5, 0.6) is 0 Å². The Bertz CT molecular complexity index is 443. The van der Waals surface area contributed by atoms with E-state index in [2.05, 4.69) is 28.6 Å². The van der Waals surface area contributed by atoms with Crippen molar-refractivity contribution < 1.29 is 0 Å². The summed E-state index contributed by atoms with van der Waals surface area (Å²) in [6, 6.07) is 0. The van der Waals surface area contributed by atoms with Gasteiger partial charge in [0, 0.05) is 38.1 Å². The van der Waals surface area contributed by atoms with Gasteiger partial charge in [0.25, 0.3) is 0 Å². The number of aryl methyl sites for hydroxylation is 2. The minimum absolute atomic E-state index is 0.787. The van der Waals surface area contributed by atoms with Gasteiger partial charge in [-0.3, -0.25) is 9.36 Å². The van der Waals surface area contributed by atoms with Gasteiger partial charge in [0.2, 0.25) is 0 Å². The van der Waals surface area contributed by atoms with Crippen LogP contribution in [0.1, 0.15) is 18.9 Å². The van der Waals surface area contributed by atoms with Gasteiger partial charge < -0.3 is 5.32 Å². The second kappa shape index (κ2) is 4.83. The van der Waals surface area contributed by atoms with Crippen molar-refractivity contribution in [2.24, 2.45) is 7.05 Å². The van der Waals surface area contributed by atoms with Crippen molar-refractivity contribution in [2.45, 2.75) is 26.4 Å². The highest BCUT2D eigenvalue weighted by atomic mass is 15.3. The lowest BCUT2D eigenvalue weighted by Crippen LogP contribution is -1.98. The van der Waals surface area contributed by atoms with Crippen LogP contribution < -0.4 is 5.32 Å². The summed E-state index contributed by atoms with van der Waals surface area (Å²) in [5.41, 5.74) is 2.23. The van der Waals surface area contributed by atoms with Crippen molar-refractivity contribution in [3.63, 3.8) is 0 Å². The SMILES string of the molecule is CCCn1cc(CNc2cnn(C)c2)cn1. The van der Waals surface area contributed by atoms with E-state index in [1.54, 1.807) is 4.68 Å². The van der Waals surface area contributed by atoms with E-state index in [-0.39, 0.29) is 0 Å². The first kappa shape index (κ1) is 10.7. The molecule has 0 bridgehead atoms. The molecule has 0 amide bonds. The fraction of sp³-hybridized carbons (Fsp3) is 0.455. The molecule has 0 aliphatic carbocycles. The van der Waals surface area contributed by atoms with Crippen LogP contribution in [0.15, 0.2) is 24.8 Å². The van der Waals surface area contributed by atoms with Gasteiger partial charge in [-0.25, -0.2) is 0 Å². The van der Waals surface area contributed by atoms with Crippen molar-refractivity contribution in [3.05, 3.63) is 30.4 Å². The van der Waals surface area contributed by atoms with Gasteiger partial charge >= 0.3 is 0 Å². The van der Waals surface area contributed by atoms with Gasteiger partial charge in [0.15, 0.2) is 0 Å². The van der Waals surface area contributed by atoms with Crippen LogP contribution in [0.3, 0.4) is 0 Å². The molecule has 2 rings (SSSR count). The predicted molar refractivity (Wildman–Crippen MR) is 63.1 cm³/mol. The smallest absolute Gasteiger partial charge is 0.0729 e. The number of hydrogen-bond donors (Lipinski definition) is 1.